The molecule has 0 amide bonds. The van der Waals surface area contributed by atoms with Crippen LogP contribution in [-0.4, -0.2) is 32.3 Å². The molecular formula is C15H26IN3O. The number of rotatable bonds is 7. The number of hydrogen-bond acceptors (Lipinski definition) is 2. The van der Waals surface area contributed by atoms with Gasteiger partial charge in [0.2, 0.25) is 0 Å². The maximum atomic E-state index is 5.30. The Morgan fingerprint density at radius 3 is 2.70 bits per heavy atom. The van der Waals surface area contributed by atoms with E-state index in [1.165, 1.54) is 11.1 Å². The van der Waals surface area contributed by atoms with Gasteiger partial charge in [-0.1, -0.05) is 29.8 Å². The third kappa shape index (κ3) is 8.37. The summed E-state index contributed by atoms with van der Waals surface area (Å²) in [4.78, 5) is 4.56. The number of aliphatic imine (C=N–C) groups is 1. The van der Waals surface area contributed by atoms with E-state index in [1.54, 1.807) is 0 Å². The van der Waals surface area contributed by atoms with Crippen LogP contribution >= 0.6 is 24.0 Å². The van der Waals surface area contributed by atoms with E-state index in [9.17, 15) is 0 Å². The monoisotopic (exact) mass is 391 g/mol. The molecule has 114 valence electrons. The van der Waals surface area contributed by atoms with E-state index in [0.29, 0.717) is 13.2 Å². The first-order chi connectivity index (χ1) is 9.26. The van der Waals surface area contributed by atoms with Gasteiger partial charge in [-0.15, -0.1) is 24.0 Å². The van der Waals surface area contributed by atoms with E-state index in [2.05, 4.69) is 53.7 Å². The minimum Gasteiger partial charge on any atom is -0.380 e. The first-order valence-electron chi connectivity index (χ1n) is 6.91. The third-order valence-corrected chi connectivity index (χ3v) is 2.59. The Kier molecular flexibility index (Phi) is 11.5. The van der Waals surface area contributed by atoms with Crippen LogP contribution in [0.25, 0.3) is 0 Å². The summed E-state index contributed by atoms with van der Waals surface area (Å²) in [6.07, 6.45) is 0. The van der Waals surface area contributed by atoms with Gasteiger partial charge < -0.3 is 15.4 Å². The molecule has 0 aliphatic carbocycles. The van der Waals surface area contributed by atoms with Crippen LogP contribution in [0.15, 0.2) is 29.3 Å². The number of nitrogens with one attached hydrogen (secondary N) is 2. The number of halogens is 1. The van der Waals surface area contributed by atoms with E-state index < -0.39 is 0 Å². The number of aryl methyl sites for hydroxylation is 1. The lowest BCUT2D eigenvalue weighted by Crippen LogP contribution is -2.39. The fourth-order valence-electron chi connectivity index (χ4n) is 1.71. The van der Waals surface area contributed by atoms with E-state index in [0.717, 1.165) is 25.7 Å². The zero-order valence-electron chi connectivity index (χ0n) is 12.6. The summed E-state index contributed by atoms with van der Waals surface area (Å²) in [6, 6.07) is 8.42. The second-order valence-electron chi connectivity index (χ2n) is 4.31. The van der Waals surface area contributed by atoms with Crippen molar-refractivity contribution in [2.24, 2.45) is 4.99 Å². The molecule has 0 spiro atoms. The van der Waals surface area contributed by atoms with Gasteiger partial charge in [0.15, 0.2) is 5.96 Å². The van der Waals surface area contributed by atoms with Crippen LogP contribution in [0.3, 0.4) is 0 Å². The van der Waals surface area contributed by atoms with Crippen LogP contribution < -0.4 is 10.6 Å². The Bertz CT molecular complexity index is 396. The molecule has 1 aromatic carbocycles. The molecule has 1 rings (SSSR count). The van der Waals surface area contributed by atoms with Crippen LogP contribution in [0.5, 0.6) is 0 Å². The molecule has 0 aliphatic rings. The van der Waals surface area contributed by atoms with Gasteiger partial charge in [0.05, 0.1) is 13.2 Å². The second kappa shape index (κ2) is 12.0. The summed E-state index contributed by atoms with van der Waals surface area (Å²) < 4.78 is 5.30. The van der Waals surface area contributed by atoms with Gasteiger partial charge in [0.25, 0.3) is 0 Å². The van der Waals surface area contributed by atoms with Crippen molar-refractivity contribution in [3.05, 3.63) is 35.4 Å². The van der Waals surface area contributed by atoms with E-state index >= 15 is 0 Å². The summed E-state index contributed by atoms with van der Waals surface area (Å²) in [6.45, 7) is 9.92. The highest BCUT2D eigenvalue weighted by atomic mass is 127. The molecule has 0 aromatic heterocycles. The first-order valence-corrected chi connectivity index (χ1v) is 6.91. The van der Waals surface area contributed by atoms with Crippen molar-refractivity contribution in [1.82, 2.24) is 10.6 Å². The quantitative estimate of drug-likeness (QED) is 0.325. The molecule has 0 heterocycles. The van der Waals surface area contributed by atoms with Gasteiger partial charge in [-0.05, 0) is 26.3 Å². The van der Waals surface area contributed by atoms with Crippen LogP contribution in [0.1, 0.15) is 25.0 Å². The zero-order chi connectivity index (χ0) is 13.9. The van der Waals surface area contributed by atoms with Crippen molar-refractivity contribution in [3.8, 4) is 0 Å². The van der Waals surface area contributed by atoms with Crippen molar-refractivity contribution in [2.75, 3.05) is 26.3 Å². The number of hydrogen-bond donors (Lipinski definition) is 2. The van der Waals surface area contributed by atoms with Crippen molar-refractivity contribution in [3.63, 3.8) is 0 Å². The van der Waals surface area contributed by atoms with Gasteiger partial charge in [-0.2, -0.15) is 0 Å². The van der Waals surface area contributed by atoms with E-state index in [4.69, 9.17) is 4.74 Å². The smallest absolute Gasteiger partial charge is 0.191 e. The predicted molar refractivity (Wildman–Crippen MR) is 95.9 cm³/mol. The van der Waals surface area contributed by atoms with Crippen molar-refractivity contribution in [1.29, 1.82) is 0 Å². The molecule has 20 heavy (non-hydrogen) atoms. The Morgan fingerprint density at radius 2 is 2.05 bits per heavy atom. The Morgan fingerprint density at radius 1 is 1.25 bits per heavy atom. The van der Waals surface area contributed by atoms with Crippen LogP contribution in [0.4, 0.5) is 0 Å². The van der Waals surface area contributed by atoms with Crippen molar-refractivity contribution >= 4 is 29.9 Å². The molecule has 1 aromatic rings. The van der Waals surface area contributed by atoms with Crippen LogP contribution in [0, 0.1) is 6.92 Å². The number of guanidine groups is 1. The van der Waals surface area contributed by atoms with Crippen LogP contribution in [-0.2, 0) is 11.3 Å². The van der Waals surface area contributed by atoms with Gasteiger partial charge in [-0.25, -0.2) is 4.99 Å². The van der Waals surface area contributed by atoms with Crippen molar-refractivity contribution < 1.29 is 4.74 Å². The minimum atomic E-state index is 0. The maximum absolute atomic E-state index is 5.30. The fraction of sp³-hybridized carbons (Fsp3) is 0.533. The molecule has 0 saturated carbocycles. The second-order valence-corrected chi connectivity index (χ2v) is 4.31. The molecular weight excluding hydrogens is 365 g/mol. The number of nitrogens with zero attached hydrogens (tertiary/aromatic N) is 1. The third-order valence-electron chi connectivity index (χ3n) is 2.59. The maximum Gasteiger partial charge on any atom is 0.191 e. The van der Waals surface area contributed by atoms with Crippen LogP contribution in [0.2, 0.25) is 0 Å². The lowest BCUT2D eigenvalue weighted by molar-refractivity contribution is 0.152. The summed E-state index contributed by atoms with van der Waals surface area (Å²) in [5, 5.41) is 6.48. The SMILES string of the molecule is CCNC(=NCc1cccc(C)c1)NCCOCC.I. The Hall–Kier alpha value is -0.820. The number of ether oxygens (including phenoxy) is 1. The van der Waals surface area contributed by atoms with Gasteiger partial charge in [0, 0.05) is 19.7 Å². The average Bonchev–Trinajstić information content (AvgIpc) is 2.41. The molecule has 0 atom stereocenters. The standard InChI is InChI=1S/C15H25N3O.HI/c1-4-16-15(17-9-10-19-5-2)18-12-14-8-6-7-13(3)11-14;/h6-8,11H,4-5,9-10,12H2,1-3H3,(H2,16,17,18);1H. The molecule has 4 nitrogen and oxygen atoms in total. The summed E-state index contributed by atoms with van der Waals surface area (Å²) in [5.74, 6) is 0.837. The molecule has 2 N–H and O–H groups in total. The topological polar surface area (TPSA) is 45.7 Å². The normalized spacial score (nSPS) is 10.8. The summed E-state index contributed by atoms with van der Waals surface area (Å²) in [7, 11) is 0. The predicted octanol–water partition coefficient (Wildman–Crippen LogP) is 2.70. The highest BCUT2D eigenvalue weighted by Crippen LogP contribution is 2.04. The largest absolute Gasteiger partial charge is 0.380 e. The van der Waals surface area contributed by atoms with E-state index in [1.807, 2.05) is 6.92 Å². The highest BCUT2D eigenvalue weighted by molar-refractivity contribution is 14.0. The summed E-state index contributed by atoms with van der Waals surface area (Å²) >= 11 is 0. The lowest BCUT2D eigenvalue weighted by atomic mass is 10.1. The highest BCUT2D eigenvalue weighted by Gasteiger charge is 1.97. The van der Waals surface area contributed by atoms with E-state index in [-0.39, 0.29) is 24.0 Å². The first kappa shape index (κ1) is 19.2. The minimum absolute atomic E-state index is 0. The molecule has 0 fully saturated rings. The zero-order valence-corrected chi connectivity index (χ0v) is 14.9. The molecule has 0 saturated heterocycles. The average molecular weight is 391 g/mol. The molecule has 0 radical (unpaired) electrons. The molecule has 0 bridgehead atoms. The molecule has 5 heteroatoms. The Labute approximate surface area is 139 Å². The lowest BCUT2D eigenvalue weighted by Gasteiger charge is -2.11. The van der Waals surface area contributed by atoms with Gasteiger partial charge in [0.1, 0.15) is 0 Å². The fourth-order valence-corrected chi connectivity index (χ4v) is 1.71. The molecule has 0 unspecified atom stereocenters. The summed E-state index contributed by atoms with van der Waals surface area (Å²) in [5.41, 5.74) is 2.49. The number of benzene rings is 1. The Balaban J connectivity index is 0.00000361. The molecule has 0 aliphatic heterocycles. The van der Waals surface area contributed by atoms with Gasteiger partial charge in [-0.3, -0.25) is 0 Å². The van der Waals surface area contributed by atoms with Gasteiger partial charge >= 0.3 is 0 Å². The van der Waals surface area contributed by atoms with Crippen molar-refractivity contribution in [2.45, 2.75) is 27.3 Å².